The molecule has 0 unspecified atom stereocenters. The van der Waals surface area contributed by atoms with Crippen LogP contribution < -0.4 is 5.73 Å². The van der Waals surface area contributed by atoms with Gasteiger partial charge in [-0.2, -0.15) is 13.2 Å². The van der Waals surface area contributed by atoms with E-state index in [9.17, 15) is 23.5 Å². The van der Waals surface area contributed by atoms with E-state index in [0.29, 0.717) is 21.7 Å². The van der Waals surface area contributed by atoms with Gasteiger partial charge in [-0.15, -0.1) is 0 Å². The van der Waals surface area contributed by atoms with Crippen molar-refractivity contribution in [1.82, 2.24) is 0 Å². The van der Waals surface area contributed by atoms with Gasteiger partial charge in [-0.05, 0) is 58.7 Å². The lowest BCUT2D eigenvalue weighted by atomic mass is 9.86. The molecule has 0 aliphatic heterocycles. The third kappa shape index (κ3) is 4.11. The molecule has 0 aromatic heterocycles. The molecule has 0 fully saturated rings. The molecule has 8 heteroatoms. The summed E-state index contributed by atoms with van der Waals surface area (Å²) < 4.78 is 40.9. The summed E-state index contributed by atoms with van der Waals surface area (Å²) >= 11 is 6.15. The third-order valence-electron chi connectivity index (χ3n) is 4.53. The molecule has 3 aromatic rings. The van der Waals surface area contributed by atoms with Gasteiger partial charge < -0.3 is 16.0 Å². The highest BCUT2D eigenvalue weighted by Gasteiger charge is 2.33. The second-order valence-corrected chi connectivity index (χ2v) is 6.85. The number of oxime groups is 1. The minimum Gasteiger partial charge on any atom is -0.508 e. The summed E-state index contributed by atoms with van der Waals surface area (Å²) in [5.41, 5.74) is 6.55. The molecule has 0 bridgehead atoms. The van der Waals surface area contributed by atoms with Crippen LogP contribution >= 0.6 is 11.6 Å². The van der Waals surface area contributed by atoms with Crippen molar-refractivity contribution in [2.24, 2.45) is 10.9 Å². The highest BCUT2D eigenvalue weighted by Crippen LogP contribution is 2.42. The summed E-state index contributed by atoms with van der Waals surface area (Å²) in [5.74, 6) is -0.537. The van der Waals surface area contributed by atoms with Crippen molar-refractivity contribution < 1.29 is 23.5 Å². The number of amidine groups is 1. The van der Waals surface area contributed by atoms with Gasteiger partial charge in [-0.3, -0.25) is 0 Å². The number of rotatable bonds is 4. The second kappa shape index (κ2) is 8.12. The normalized spacial score (nSPS) is 12.1. The molecule has 30 heavy (non-hydrogen) atoms. The van der Waals surface area contributed by atoms with Crippen molar-refractivity contribution in [2.75, 3.05) is 0 Å². The van der Waals surface area contributed by atoms with E-state index >= 15 is 0 Å². The zero-order valence-electron chi connectivity index (χ0n) is 15.4. The van der Waals surface area contributed by atoms with E-state index in [1.54, 1.807) is 18.2 Å². The van der Waals surface area contributed by atoms with Crippen molar-refractivity contribution in [3.63, 3.8) is 0 Å². The zero-order chi connectivity index (χ0) is 22.1. The van der Waals surface area contributed by atoms with E-state index < -0.39 is 17.6 Å². The first-order valence-electron chi connectivity index (χ1n) is 8.60. The van der Waals surface area contributed by atoms with E-state index in [0.717, 1.165) is 12.1 Å². The Hall–Kier alpha value is -3.45. The van der Waals surface area contributed by atoms with Crippen molar-refractivity contribution in [2.45, 2.75) is 6.18 Å². The molecule has 0 aliphatic rings. The number of alkyl halides is 3. The molecule has 0 heterocycles. The van der Waals surface area contributed by atoms with E-state index in [1.165, 1.54) is 30.3 Å². The monoisotopic (exact) mass is 432 g/mol. The number of hydrogen-bond donors (Lipinski definition) is 3. The zero-order valence-corrected chi connectivity index (χ0v) is 16.2. The van der Waals surface area contributed by atoms with Crippen LogP contribution in [-0.2, 0) is 6.18 Å². The largest absolute Gasteiger partial charge is 0.508 e. The highest BCUT2D eigenvalue weighted by molar-refractivity contribution is 6.31. The van der Waals surface area contributed by atoms with Crippen LogP contribution in [0.2, 0.25) is 5.02 Å². The molecule has 0 aliphatic carbocycles. The fraction of sp³-hybridized carbons (Fsp3) is 0.0455. The Labute approximate surface area is 175 Å². The molecule has 0 saturated carbocycles. The predicted octanol–water partition coefficient (Wildman–Crippen LogP) is 6.14. The molecule has 0 atom stereocenters. The SMILES string of the molecule is C=Cc1ccc(Cl)cc1-c1c(/C(N)=N/O)cc(C(F)(F)F)cc1-c1ccc(O)cc1. The Balaban J connectivity index is 2.51. The number of aromatic hydroxyl groups is 1. The van der Waals surface area contributed by atoms with Crippen LogP contribution in [0, 0.1) is 0 Å². The van der Waals surface area contributed by atoms with Gasteiger partial charge in [0.05, 0.1) is 5.56 Å². The Kier molecular flexibility index (Phi) is 5.75. The van der Waals surface area contributed by atoms with E-state index in [1.807, 2.05) is 0 Å². The quantitative estimate of drug-likeness (QED) is 0.200. The number of nitrogens with zero attached hydrogens (tertiary/aromatic N) is 1. The molecule has 3 rings (SSSR count). The van der Waals surface area contributed by atoms with Crippen LogP contribution in [-0.4, -0.2) is 16.1 Å². The number of hydrogen-bond acceptors (Lipinski definition) is 3. The Bertz CT molecular complexity index is 1140. The Morgan fingerprint density at radius 3 is 2.27 bits per heavy atom. The maximum absolute atomic E-state index is 13.6. The molecule has 0 amide bonds. The van der Waals surface area contributed by atoms with Crippen LogP contribution in [0.1, 0.15) is 16.7 Å². The first kappa shape index (κ1) is 21.3. The number of phenolic OH excluding ortho intramolecular Hbond substituents is 1. The molecule has 0 radical (unpaired) electrons. The molecule has 4 nitrogen and oxygen atoms in total. The van der Waals surface area contributed by atoms with Crippen molar-refractivity contribution in [1.29, 1.82) is 0 Å². The fourth-order valence-corrected chi connectivity index (χ4v) is 3.32. The molecule has 4 N–H and O–H groups in total. The average molecular weight is 433 g/mol. The van der Waals surface area contributed by atoms with Crippen LogP contribution in [0.3, 0.4) is 0 Å². The molecule has 0 saturated heterocycles. The van der Waals surface area contributed by atoms with Crippen molar-refractivity contribution in [3.8, 4) is 28.0 Å². The minimum atomic E-state index is -4.68. The lowest BCUT2D eigenvalue weighted by Gasteiger charge is -2.20. The summed E-state index contributed by atoms with van der Waals surface area (Å²) in [6.07, 6.45) is -3.15. The standard InChI is InChI=1S/C22H16ClF3N2O2/c1-2-12-3-6-15(23)11-18(12)20-17(13-4-7-16(29)8-5-13)9-14(22(24,25)26)10-19(20)21(27)28-30/h2-11,29-30H,1H2,(H2,27,28). The summed E-state index contributed by atoms with van der Waals surface area (Å²) in [6.45, 7) is 3.75. The number of phenols is 1. The lowest BCUT2D eigenvalue weighted by molar-refractivity contribution is -0.137. The van der Waals surface area contributed by atoms with Gasteiger partial charge in [0.2, 0.25) is 0 Å². The number of halogens is 4. The number of nitrogens with two attached hydrogens (primary N) is 1. The summed E-state index contributed by atoms with van der Waals surface area (Å²) in [7, 11) is 0. The molecular formula is C22H16ClF3N2O2. The lowest BCUT2D eigenvalue weighted by Crippen LogP contribution is -2.17. The van der Waals surface area contributed by atoms with Gasteiger partial charge in [0.15, 0.2) is 5.84 Å². The van der Waals surface area contributed by atoms with Gasteiger partial charge in [0, 0.05) is 16.1 Å². The summed E-state index contributed by atoms with van der Waals surface area (Å²) in [6, 6.07) is 12.3. The second-order valence-electron chi connectivity index (χ2n) is 6.41. The van der Waals surface area contributed by atoms with Gasteiger partial charge in [0.25, 0.3) is 0 Å². The maximum Gasteiger partial charge on any atom is 0.416 e. The first-order valence-corrected chi connectivity index (χ1v) is 8.98. The molecule has 154 valence electrons. The smallest absolute Gasteiger partial charge is 0.416 e. The van der Waals surface area contributed by atoms with Crippen molar-refractivity contribution in [3.05, 3.63) is 82.9 Å². The van der Waals surface area contributed by atoms with Crippen molar-refractivity contribution >= 4 is 23.5 Å². The van der Waals surface area contributed by atoms with E-state index in [-0.39, 0.29) is 22.4 Å². The topological polar surface area (TPSA) is 78.8 Å². The van der Waals surface area contributed by atoms with Gasteiger partial charge in [-0.25, -0.2) is 0 Å². The van der Waals surface area contributed by atoms with Crippen LogP contribution in [0.4, 0.5) is 13.2 Å². The highest BCUT2D eigenvalue weighted by atomic mass is 35.5. The maximum atomic E-state index is 13.6. The Morgan fingerprint density at radius 2 is 1.70 bits per heavy atom. The van der Waals surface area contributed by atoms with Gasteiger partial charge >= 0.3 is 6.18 Å². The fourth-order valence-electron chi connectivity index (χ4n) is 3.14. The summed E-state index contributed by atoms with van der Waals surface area (Å²) in [4.78, 5) is 0. The molecule has 3 aromatic carbocycles. The predicted molar refractivity (Wildman–Crippen MR) is 112 cm³/mol. The van der Waals surface area contributed by atoms with E-state index in [2.05, 4.69) is 11.7 Å². The molecular weight excluding hydrogens is 417 g/mol. The number of benzene rings is 3. The molecule has 0 spiro atoms. The average Bonchev–Trinajstić information content (AvgIpc) is 2.72. The third-order valence-corrected chi connectivity index (χ3v) is 4.77. The van der Waals surface area contributed by atoms with Gasteiger partial charge in [0.1, 0.15) is 5.75 Å². The van der Waals surface area contributed by atoms with E-state index in [4.69, 9.17) is 17.3 Å². The summed E-state index contributed by atoms with van der Waals surface area (Å²) in [5, 5.41) is 22.1. The van der Waals surface area contributed by atoms with Gasteiger partial charge in [-0.1, -0.05) is 47.6 Å². The van der Waals surface area contributed by atoms with Crippen LogP contribution in [0.5, 0.6) is 5.75 Å². The van der Waals surface area contributed by atoms with Crippen LogP contribution in [0.25, 0.3) is 28.3 Å². The Morgan fingerprint density at radius 1 is 1.03 bits per heavy atom. The van der Waals surface area contributed by atoms with Crippen LogP contribution in [0.15, 0.2) is 66.3 Å². The minimum absolute atomic E-state index is 0.0431. The first-order chi connectivity index (χ1) is 14.2.